The highest BCUT2D eigenvalue weighted by molar-refractivity contribution is 6.34. The summed E-state index contributed by atoms with van der Waals surface area (Å²) in [6, 6.07) is 0. The van der Waals surface area contributed by atoms with Crippen molar-refractivity contribution in [3.8, 4) is 0 Å². The third-order valence-corrected chi connectivity index (χ3v) is 4.10. The number of carbonyl (C=O) groups is 1. The Morgan fingerprint density at radius 2 is 2.00 bits per heavy atom. The molecule has 1 aromatic rings. The van der Waals surface area contributed by atoms with E-state index in [9.17, 15) is 4.79 Å². The predicted octanol–water partition coefficient (Wildman–Crippen LogP) is 3.00. The summed E-state index contributed by atoms with van der Waals surface area (Å²) in [6.07, 6.45) is 7.42. The molecular formula is C13H19ClN2O2. The topological polar surface area (TPSA) is 44.1 Å². The van der Waals surface area contributed by atoms with E-state index >= 15 is 0 Å². The Balaban J connectivity index is 2.35. The van der Waals surface area contributed by atoms with E-state index in [1.165, 1.54) is 10.9 Å². The van der Waals surface area contributed by atoms with Gasteiger partial charge in [-0.3, -0.25) is 9.48 Å². The van der Waals surface area contributed by atoms with Crippen molar-refractivity contribution in [1.29, 1.82) is 0 Å². The molecule has 1 aliphatic carbocycles. The Bertz CT molecular complexity index is 415. The summed E-state index contributed by atoms with van der Waals surface area (Å²) >= 11 is 6.06. The first-order valence-electron chi connectivity index (χ1n) is 6.38. The number of aryl methyl sites for hydroxylation is 1. The SMILES string of the molecule is COC1(C(=O)c2c(Cl)cnn2C)CCCCCC1. The number of methoxy groups -OCH3 is 1. The zero-order valence-electron chi connectivity index (χ0n) is 10.9. The van der Waals surface area contributed by atoms with Crippen molar-refractivity contribution in [3.05, 3.63) is 16.9 Å². The molecule has 1 heterocycles. The molecule has 0 saturated heterocycles. The van der Waals surface area contributed by atoms with Crippen LogP contribution in [0.3, 0.4) is 0 Å². The van der Waals surface area contributed by atoms with E-state index in [1.807, 2.05) is 0 Å². The van der Waals surface area contributed by atoms with Crippen LogP contribution in [-0.2, 0) is 11.8 Å². The molecule has 18 heavy (non-hydrogen) atoms. The largest absolute Gasteiger partial charge is 0.370 e. The van der Waals surface area contributed by atoms with Crippen LogP contribution in [0.1, 0.15) is 49.0 Å². The fraction of sp³-hybridized carbons (Fsp3) is 0.692. The lowest BCUT2D eigenvalue weighted by Gasteiger charge is -2.29. The van der Waals surface area contributed by atoms with Gasteiger partial charge in [0.2, 0.25) is 5.78 Å². The summed E-state index contributed by atoms with van der Waals surface area (Å²) < 4.78 is 7.14. The Hall–Kier alpha value is -0.870. The third-order valence-electron chi connectivity index (χ3n) is 3.82. The minimum atomic E-state index is -0.714. The molecule has 0 unspecified atom stereocenters. The van der Waals surface area contributed by atoms with Gasteiger partial charge < -0.3 is 4.74 Å². The van der Waals surface area contributed by atoms with Crippen LogP contribution in [-0.4, -0.2) is 28.3 Å². The number of nitrogens with zero attached hydrogens (tertiary/aromatic N) is 2. The maximum atomic E-state index is 12.7. The Morgan fingerprint density at radius 3 is 2.44 bits per heavy atom. The van der Waals surface area contributed by atoms with E-state index in [2.05, 4.69) is 5.10 Å². The van der Waals surface area contributed by atoms with Gasteiger partial charge in [0, 0.05) is 14.2 Å². The highest BCUT2D eigenvalue weighted by Gasteiger charge is 2.41. The molecule has 0 aromatic carbocycles. The molecule has 1 aromatic heterocycles. The molecule has 0 amide bonds. The molecule has 0 atom stereocenters. The number of ketones is 1. The Kier molecular flexibility index (Phi) is 4.07. The van der Waals surface area contributed by atoms with Crippen molar-refractivity contribution in [2.45, 2.75) is 44.1 Å². The standard InChI is InChI=1S/C13H19ClN2O2/c1-16-11(10(14)9-15-16)12(17)13(18-2)7-5-3-4-6-8-13/h9H,3-8H2,1-2H3. The van der Waals surface area contributed by atoms with E-state index < -0.39 is 5.60 Å². The van der Waals surface area contributed by atoms with Crippen molar-refractivity contribution in [2.24, 2.45) is 7.05 Å². The highest BCUT2D eigenvalue weighted by atomic mass is 35.5. The molecule has 4 nitrogen and oxygen atoms in total. The number of hydrogen-bond acceptors (Lipinski definition) is 3. The van der Waals surface area contributed by atoms with E-state index in [0.29, 0.717) is 10.7 Å². The maximum Gasteiger partial charge on any atom is 0.214 e. The van der Waals surface area contributed by atoms with Crippen LogP contribution in [0.25, 0.3) is 0 Å². The summed E-state index contributed by atoms with van der Waals surface area (Å²) in [5, 5.41) is 4.43. The van der Waals surface area contributed by atoms with E-state index in [0.717, 1.165) is 38.5 Å². The lowest BCUT2D eigenvalue weighted by molar-refractivity contribution is -0.00763. The van der Waals surface area contributed by atoms with Crippen molar-refractivity contribution in [3.63, 3.8) is 0 Å². The summed E-state index contributed by atoms with van der Waals surface area (Å²) in [7, 11) is 3.35. The van der Waals surface area contributed by atoms with E-state index in [4.69, 9.17) is 16.3 Å². The van der Waals surface area contributed by atoms with Crippen LogP contribution >= 0.6 is 11.6 Å². The zero-order chi connectivity index (χ0) is 13.2. The van der Waals surface area contributed by atoms with Gasteiger partial charge >= 0.3 is 0 Å². The molecule has 2 rings (SSSR count). The fourth-order valence-corrected chi connectivity index (χ4v) is 2.96. The number of Topliss-reactive ketones (excluding diaryl/α,β-unsaturated/α-hetero) is 1. The summed E-state index contributed by atoms with van der Waals surface area (Å²) in [4.78, 5) is 12.7. The van der Waals surface area contributed by atoms with Gasteiger partial charge in [0.25, 0.3) is 0 Å². The number of rotatable bonds is 3. The number of carbonyl (C=O) groups excluding carboxylic acids is 1. The van der Waals surface area contributed by atoms with Gasteiger partial charge in [0.05, 0.1) is 11.2 Å². The summed E-state index contributed by atoms with van der Waals surface area (Å²) in [5.41, 5.74) is -0.256. The van der Waals surface area contributed by atoms with Gasteiger partial charge in [0.15, 0.2) is 0 Å². The molecule has 0 N–H and O–H groups in total. The van der Waals surface area contributed by atoms with Crippen LogP contribution in [0.5, 0.6) is 0 Å². The van der Waals surface area contributed by atoms with Gasteiger partial charge in [-0.1, -0.05) is 37.3 Å². The lowest BCUT2D eigenvalue weighted by atomic mass is 9.87. The van der Waals surface area contributed by atoms with Crippen LogP contribution < -0.4 is 0 Å². The molecular weight excluding hydrogens is 252 g/mol. The van der Waals surface area contributed by atoms with Gasteiger partial charge in [-0.2, -0.15) is 5.10 Å². The van der Waals surface area contributed by atoms with Gasteiger partial charge in [-0.15, -0.1) is 0 Å². The van der Waals surface area contributed by atoms with Gasteiger partial charge in [0.1, 0.15) is 11.3 Å². The predicted molar refractivity (Wildman–Crippen MR) is 70.0 cm³/mol. The molecule has 0 bridgehead atoms. The van der Waals surface area contributed by atoms with Crippen molar-refractivity contribution >= 4 is 17.4 Å². The van der Waals surface area contributed by atoms with Crippen molar-refractivity contribution in [2.75, 3.05) is 7.11 Å². The minimum Gasteiger partial charge on any atom is -0.370 e. The molecule has 100 valence electrons. The molecule has 1 fully saturated rings. The number of hydrogen-bond donors (Lipinski definition) is 0. The van der Waals surface area contributed by atoms with Crippen LogP contribution in [0.4, 0.5) is 0 Å². The summed E-state index contributed by atoms with van der Waals surface area (Å²) in [5.74, 6) is -0.0306. The first-order chi connectivity index (χ1) is 8.60. The number of aromatic nitrogens is 2. The average Bonchev–Trinajstić information content (AvgIpc) is 2.59. The third kappa shape index (κ3) is 2.31. The smallest absolute Gasteiger partial charge is 0.214 e. The molecule has 1 aliphatic rings. The number of ether oxygens (including phenoxy) is 1. The second kappa shape index (κ2) is 5.41. The average molecular weight is 271 g/mol. The zero-order valence-corrected chi connectivity index (χ0v) is 11.7. The van der Waals surface area contributed by atoms with Crippen molar-refractivity contribution in [1.82, 2.24) is 9.78 Å². The molecule has 0 spiro atoms. The first kappa shape index (κ1) is 13.6. The normalized spacial score (nSPS) is 19.5. The van der Waals surface area contributed by atoms with Gasteiger partial charge in [-0.05, 0) is 12.8 Å². The monoisotopic (exact) mass is 270 g/mol. The molecule has 1 saturated carbocycles. The van der Waals surface area contributed by atoms with E-state index in [1.54, 1.807) is 14.2 Å². The quantitative estimate of drug-likeness (QED) is 0.626. The lowest BCUT2D eigenvalue weighted by Crippen LogP contribution is -2.41. The van der Waals surface area contributed by atoms with Crippen LogP contribution in [0.15, 0.2) is 6.20 Å². The molecule has 0 aliphatic heterocycles. The Labute approximate surface area is 112 Å². The van der Waals surface area contributed by atoms with Gasteiger partial charge in [-0.25, -0.2) is 0 Å². The summed E-state index contributed by atoms with van der Waals surface area (Å²) in [6.45, 7) is 0. The first-order valence-corrected chi connectivity index (χ1v) is 6.76. The second-order valence-corrected chi connectivity index (χ2v) is 5.31. The number of halogens is 1. The highest BCUT2D eigenvalue weighted by Crippen LogP contribution is 2.34. The van der Waals surface area contributed by atoms with Crippen LogP contribution in [0, 0.1) is 0 Å². The minimum absolute atomic E-state index is 0.0306. The maximum absolute atomic E-state index is 12.7. The van der Waals surface area contributed by atoms with Crippen molar-refractivity contribution < 1.29 is 9.53 Å². The molecule has 5 heteroatoms. The molecule has 0 radical (unpaired) electrons. The van der Waals surface area contributed by atoms with Crippen LogP contribution in [0.2, 0.25) is 5.02 Å². The second-order valence-electron chi connectivity index (χ2n) is 4.91. The van der Waals surface area contributed by atoms with E-state index in [-0.39, 0.29) is 5.78 Å². The Morgan fingerprint density at radius 1 is 1.39 bits per heavy atom. The fourth-order valence-electron chi connectivity index (χ4n) is 2.71.